The van der Waals surface area contributed by atoms with Gasteiger partial charge in [0, 0.05) is 49.0 Å². The van der Waals surface area contributed by atoms with Gasteiger partial charge in [-0.1, -0.05) is 30.4 Å². The van der Waals surface area contributed by atoms with Crippen LogP contribution in [0.15, 0.2) is 79.2 Å². The zero-order chi connectivity index (χ0) is 31.9. The third kappa shape index (κ3) is 5.58. The van der Waals surface area contributed by atoms with Crippen LogP contribution in [0.25, 0.3) is 27.7 Å². The monoisotopic (exact) mass is 626 g/mol. The van der Waals surface area contributed by atoms with Crippen molar-refractivity contribution in [3.05, 3.63) is 101 Å². The van der Waals surface area contributed by atoms with Gasteiger partial charge < -0.3 is 20.1 Å². The van der Waals surface area contributed by atoms with Gasteiger partial charge in [0.25, 0.3) is 5.91 Å². The summed E-state index contributed by atoms with van der Waals surface area (Å²) in [7, 11) is -0.678. The molecule has 4 aromatic rings. The average molecular weight is 627 g/mol. The Morgan fingerprint density at radius 1 is 1.20 bits per heavy atom. The number of nitrogens with one attached hydrogen (secondary N) is 1. The van der Waals surface area contributed by atoms with Crippen molar-refractivity contribution in [1.82, 2.24) is 19.2 Å². The number of likely N-dealkylation sites (N-methyl/N-ethyl adjacent to an activating group) is 1. The first kappa shape index (κ1) is 30.8. The molecule has 1 aliphatic carbocycles. The third-order valence-corrected chi connectivity index (χ3v) is 11.0. The Hall–Kier alpha value is -4.25. The van der Waals surface area contributed by atoms with Gasteiger partial charge in [0.15, 0.2) is 5.65 Å². The van der Waals surface area contributed by atoms with Gasteiger partial charge in [-0.25, -0.2) is 17.4 Å². The number of nitrogens with zero attached hydrogens (tertiary/aromatic N) is 3. The number of ether oxygens (including phenoxy) is 1. The highest BCUT2D eigenvalue weighted by atomic mass is 32.2. The molecule has 2 aliphatic rings. The van der Waals surface area contributed by atoms with E-state index in [4.69, 9.17) is 4.74 Å². The second kappa shape index (κ2) is 11.9. The fourth-order valence-electron chi connectivity index (χ4n) is 6.31. The van der Waals surface area contributed by atoms with Crippen LogP contribution in [0.3, 0.4) is 0 Å². The maximum atomic E-state index is 14.5. The van der Waals surface area contributed by atoms with E-state index in [0.717, 1.165) is 47.5 Å². The quantitative estimate of drug-likeness (QED) is 0.289. The second-order valence-corrected chi connectivity index (χ2v) is 14.4. The summed E-state index contributed by atoms with van der Waals surface area (Å²) < 4.78 is 34.9. The summed E-state index contributed by atoms with van der Waals surface area (Å²) in [5.74, 6) is 0.615. The molecule has 0 radical (unpaired) electrons. The van der Waals surface area contributed by atoms with E-state index in [9.17, 15) is 18.3 Å². The number of carbonyl (C=O) groups is 1. The number of hydrogen-bond donors (Lipinski definition) is 2. The number of aromatic nitrogens is 2. The van der Waals surface area contributed by atoms with E-state index in [1.54, 1.807) is 58.6 Å². The molecule has 2 aromatic carbocycles. The Kier molecular flexibility index (Phi) is 8.15. The lowest BCUT2D eigenvalue weighted by atomic mass is 9.89. The normalized spacial score (nSPS) is 18.7. The molecule has 2 aromatic heterocycles. The zero-order valence-electron chi connectivity index (χ0n) is 25.9. The van der Waals surface area contributed by atoms with E-state index < -0.39 is 20.9 Å². The van der Waals surface area contributed by atoms with Crippen molar-refractivity contribution in [3.63, 3.8) is 0 Å². The van der Waals surface area contributed by atoms with Crippen LogP contribution in [-0.2, 0) is 23.0 Å². The lowest BCUT2D eigenvalue weighted by Gasteiger charge is -2.29. The molecule has 0 saturated heterocycles. The van der Waals surface area contributed by atoms with Crippen LogP contribution < -0.4 is 10.1 Å². The number of benzene rings is 2. The molecule has 0 fully saturated rings. The van der Waals surface area contributed by atoms with Crippen molar-refractivity contribution < 1.29 is 23.1 Å². The molecule has 10 heteroatoms. The summed E-state index contributed by atoms with van der Waals surface area (Å²) in [6, 6.07) is 14.8. The molecule has 0 spiro atoms. The molecule has 2 atom stereocenters. The smallest absolute Gasteiger partial charge is 0.253 e. The molecule has 45 heavy (non-hydrogen) atoms. The van der Waals surface area contributed by atoms with Crippen molar-refractivity contribution in [1.29, 1.82) is 0 Å². The molecule has 1 amide bonds. The summed E-state index contributed by atoms with van der Waals surface area (Å²) in [6.07, 6.45) is 9.52. The van der Waals surface area contributed by atoms with Crippen molar-refractivity contribution in [2.45, 2.75) is 44.1 Å². The Labute approximate surface area is 263 Å². The summed E-state index contributed by atoms with van der Waals surface area (Å²) in [5, 5.41) is 13.8. The summed E-state index contributed by atoms with van der Waals surface area (Å²) in [6.45, 7) is 5.24. The molecular weight excluding hydrogens is 588 g/mol. The highest BCUT2D eigenvalue weighted by Crippen LogP contribution is 2.39. The van der Waals surface area contributed by atoms with Gasteiger partial charge in [-0.05, 0) is 97.5 Å². The highest BCUT2D eigenvalue weighted by molar-refractivity contribution is 7.91. The first-order chi connectivity index (χ1) is 21.5. The number of methoxy groups -OCH3 is 1. The van der Waals surface area contributed by atoms with E-state index in [0.29, 0.717) is 28.6 Å². The van der Waals surface area contributed by atoms with Gasteiger partial charge >= 0.3 is 0 Å². The van der Waals surface area contributed by atoms with Gasteiger partial charge in [0.05, 0.1) is 13.2 Å². The molecule has 234 valence electrons. The third-order valence-electron chi connectivity index (χ3n) is 8.71. The molecule has 0 saturated carbocycles. The number of rotatable bonds is 8. The minimum absolute atomic E-state index is 0.206. The number of hydrogen-bond acceptors (Lipinski definition) is 7. The van der Waals surface area contributed by atoms with Gasteiger partial charge in [-0.2, -0.15) is 0 Å². The van der Waals surface area contributed by atoms with Crippen molar-refractivity contribution in [2.24, 2.45) is 0 Å². The molecule has 1 aliphatic heterocycles. The first-order valence-electron chi connectivity index (χ1n) is 15.1. The van der Waals surface area contributed by atoms with E-state index in [2.05, 4.69) is 16.4 Å². The Morgan fingerprint density at radius 3 is 2.71 bits per heavy atom. The topological polar surface area (TPSA) is 114 Å². The van der Waals surface area contributed by atoms with E-state index in [1.807, 2.05) is 42.5 Å². The fourth-order valence-corrected chi connectivity index (χ4v) is 7.96. The second-order valence-electron chi connectivity index (χ2n) is 12.1. The Balaban J connectivity index is 1.38. The highest BCUT2D eigenvalue weighted by Gasteiger charge is 2.41. The maximum Gasteiger partial charge on any atom is 0.253 e. The van der Waals surface area contributed by atoms with Gasteiger partial charge in [0.1, 0.15) is 10.5 Å². The van der Waals surface area contributed by atoms with Crippen LogP contribution in [-0.4, -0.2) is 71.4 Å². The fraction of sp³-hybridized carbons (Fsp3) is 0.314. The Bertz CT molecular complexity index is 1930. The number of fused-ring (bicyclic) bond motifs is 2. The predicted molar refractivity (Wildman–Crippen MR) is 177 cm³/mol. The standard InChI is InChI=1S/C35H38N4O5S/c1-23(40)21-38(3)34(41)25-11-9-24(10-12-25)31-22-39(33-30(31)8-6-15-37-33)45(42,43)35(2)14-5-7-26(19-35)27-17-28-20-36-16-13-29(28)32(18-27)44-4/h5-12,15,17-19,22-23,36,40H,13-14,16,20-21H2,1-4H3/t23?,35-/m1/s1. The number of pyridine rings is 1. The van der Waals surface area contributed by atoms with Gasteiger partial charge in [-0.15, -0.1) is 0 Å². The van der Waals surface area contributed by atoms with Crippen LogP contribution in [0.1, 0.15) is 47.3 Å². The maximum absolute atomic E-state index is 14.5. The van der Waals surface area contributed by atoms with Crippen molar-refractivity contribution in [2.75, 3.05) is 27.2 Å². The minimum atomic E-state index is -4.00. The van der Waals surface area contributed by atoms with E-state index in [1.165, 1.54) is 14.4 Å². The molecule has 2 N–H and O–H groups in total. The van der Waals surface area contributed by atoms with Crippen molar-refractivity contribution in [3.8, 4) is 16.9 Å². The lowest BCUT2D eigenvalue weighted by molar-refractivity contribution is 0.0703. The molecule has 3 heterocycles. The number of aliphatic hydroxyl groups is 1. The van der Waals surface area contributed by atoms with Crippen molar-refractivity contribution >= 4 is 32.5 Å². The predicted octanol–water partition coefficient (Wildman–Crippen LogP) is 4.79. The van der Waals surface area contributed by atoms with E-state index >= 15 is 0 Å². The first-order valence-corrected chi connectivity index (χ1v) is 16.5. The van der Waals surface area contributed by atoms with Crippen LogP contribution in [0, 0.1) is 0 Å². The van der Waals surface area contributed by atoms with Crippen LogP contribution in [0.4, 0.5) is 0 Å². The lowest BCUT2D eigenvalue weighted by Crippen LogP contribution is -2.38. The summed E-state index contributed by atoms with van der Waals surface area (Å²) in [4.78, 5) is 18.8. The summed E-state index contributed by atoms with van der Waals surface area (Å²) in [5.41, 5.74) is 6.37. The van der Waals surface area contributed by atoms with Gasteiger partial charge in [0.2, 0.25) is 10.0 Å². The van der Waals surface area contributed by atoms with E-state index in [-0.39, 0.29) is 12.5 Å². The largest absolute Gasteiger partial charge is 0.496 e. The summed E-state index contributed by atoms with van der Waals surface area (Å²) >= 11 is 0. The minimum Gasteiger partial charge on any atom is -0.496 e. The van der Waals surface area contributed by atoms with Crippen LogP contribution >= 0.6 is 0 Å². The zero-order valence-corrected chi connectivity index (χ0v) is 26.8. The average Bonchev–Trinajstić information content (AvgIpc) is 3.44. The number of allylic oxidation sites excluding steroid dienone is 3. The Morgan fingerprint density at radius 2 is 1.98 bits per heavy atom. The number of aliphatic hydroxyl groups excluding tert-OH is 1. The molecular formula is C35H38N4O5S. The molecule has 9 nitrogen and oxygen atoms in total. The SMILES string of the molecule is COc1cc(C2=C[C@](C)(S(=O)(=O)n3cc(-c4ccc(C(=O)N(C)CC(C)O)cc4)c4cccnc43)CC=C2)cc2c1CCNC2. The van der Waals surface area contributed by atoms with Crippen LogP contribution in [0.2, 0.25) is 0 Å². The molecule has 6 rings (SSSR count). The van der Waals surface area contributed by atoms with Gasteiger partial charge in [-0.3, -0.25) is 4.79 Å². The number of amides is 1. The number of carbonyl (C=O) groups excluding carboxylic acids is 1. The molecule has 0 bridgehead atoms. The molecule has 1 unspecified atom stereocenters. The van der Waals surface area contributed by atoms with Crippen LogP contribution in [0.5, 0.6) is 5.75 Å².